The summed E-state index contributed by atoms with van der Waals surface area (Å²) in [6, 6.07) is 91.5. The number of hydrogen-bond acceptors (Lipinski definition) is 2. The van der Waals surface area contributed by atoms with Gasteiger partial charge in [-0.15, -0.1) is 11.3 Å². The molecular formula is C64H41NS. The Morgan fingerprint density at radius 3 is 1.53 bits per heavy atom. The maximum atomic E-state index is 2.44. The molecule has 2 heteroatoms. The van der Waals surface area contributed by atoms with Crippen molar-refractivity contribution in [3.05, 3.63) is 249 Å². The minimum atomic E-state index is 1.11. The van der Waals surface area contributed by atoms with Gasteiger partial charge in [-0.3, -0.25) is 0 Å². The van der Waals surface area contributed by atoms with Crippen LogP contribution in [0.4, 0.5) is 17.1 Å². The summed E-state index contributed by atoms with van der Waals surface area (Å²) in [6.07, 6.45) is 0. The summed E-state index contributed by atoms with van der Waals surface area (Å²) < 4.78 is 2.57. The Labute approximate surface area is 387 Å². The second kappa shape index (κ2) is 15.7. The van der Waals surface area contributed by atoms with Gasteiger partial charge in [0.1, 0.15) is 0 Å². The molecular weight excluding hydrogens is 815 g/mol. The number of rotatable bonds is 7. The summed E-state index contributed by atoms with van der Waals surface area (Å²) in [6.45, 7) is 0. The third-order valence-electron chi connectivity index (χ3n) is 13.5. The van der Waals surface area contributed by atoms with Crippen molar-refractivity contribution in [2.45, 2.75) is 0 Å². The van der Waals surface area contributed by atoms with Gasteiger partial charge >= 0.3 is 0 Å². The van der Waals surface area contributed by atoms with Crippen LogP contribution in [0.15, 0.2) is 249 Å². The Morgan fingerprint density at radius 1 is 0.273 bits per heavy atom. The summed E-state index contributed by atoms with van der Waals surface area (Å²) in [5.74, 6) is 0. The lowest BCUT2D eigenvalue weighted by Crippen LogP contribution is -2.10. The molecule has 0 spiro atoms. The number of benzene rings is 12. The van der Waals surface area contributed by atoms with Crippen LogP contribution < -0.4 is 4.90 Å². The molecule has 1 aromatic heterocycles. The second-order valence-electron chi connectivity index (χ2n) is 17.2. The Hall–Kier alpha value is -8.30. The summed E-state index contributed by atoms with van der Waals surface area (Å²) >= 11 is 1.87. The molecule has 1 heterocycles. The molecule has 13 rings (SSSR count). The summed E-state index contributed by atoms with van der Waals surface area (Å²) in [5.41, 5.74) is 13.1. The number of anilines is 3. The third-order valence-corrected chi connectivity index (χ3v) is 14.7. The second-order valence-corrected chi connectivity index (χ2v) is 18.2. The Morgan fingerprint density at radius 2 is 0.788 bits per heavy atom. The molecule has 0 radical (unpaired) electrons. The first kappa shape index (κ1) is 38.2. The number of fused-ring (bicyclic) bond motifs is 9. The molecule has 0 amide bonds. The van der Waals surface area contributed by atoms with Gasteiger partial charge in [0.2, 0.25) is 0 Å². The fraction of sp³-hybridized carbons (Fsp3) is 0. The van der Waals surface area contributed by atoms with Crippen molar-refractivity contribution in [3.63, 3.8) is 0 Å². The van der Waals surface area contributed by atoms with Gasteiger partial charge in [-0.1, -0.05) is 206 Å². The van der Waals surface area contributed by atoms with Crippen molar-refractivity contribution in [3.8, 4) is 44.5 Å². The van der Waals surface area contributed by atoms with E-state index >= 15 is 0 Å². The van der Waals surface area contributed by atoms with Crippen LogP contribution in [-0.4, -0.2) is 0 Å². The maximum absolute atomic E-state index is 2.44. The summed E-state index contributed by atoms with van der Waals surface area (Å²) in [5, 5.41) is 12.7. The van der Waals surface area contributed by atoms with Gasteiger partial charge in [-0.05, 0) is 130 Å². The van der Waals surface area contributed by atoms with E-state index in [1.54, 1.807) is 0 Å². The number of hydrogen-bond donors (Lipinski definition) is 0. The monoisotopic (exact) mass is 855 g/mol. The fourth-order valence-corrected chi connectivity index (χ4v) is 11.6. The van der Waals surface area contributed by atoms with Gasteiger partial charge in [0.15, 0.2) is 0 Å². The van der Waals surface area contributed by atoms with Crippen LogP contribution in [0.5, 0.6) is 0 Å². The van der Waals surface area contributed by atoms with Crippen LogP contribution in [0, 0.1) is 0 Å². The molecule has 0 atom stereocenters. The van der Waals surface area contributed by atoms with E-state index < -0.39 is 0 Å². The van der Waals surface area contributed by atoms with E-state index in [1.807, 2.05) is 11.3 Å². The molecule has 0 saturated heterocycles. The Balaban J connectivity index is 0.957. The summed E-state index contributed by atoms with van der Waals surface area (Å²) in [4.78, 5) is 2.44. The van der Waals surface area contributed by atoms with E-state index in [0.717, 1.165) is 11.4 Å². The zero-order valence-electron chi connectivity index (χ0n) is 36.0. The smallest absolute Gasteiger partial charge is 0.0640 e. The van der Waals surface area contributed by atoms with Crippen LogP contribution in [0.3, 0.4) is 0 Å². The lowest BCUT2D eigenvalue weighted by atomic mass is 9.84. The highest BCUT2D eigenvalue weighted by Gasteiger charge is 2.21. The lowest BCUT2D eigenvalue weighted by molar-refractivity contribution is 1.30. The first-order chi connectivity index (χ1) is 32.7. The van der Waals surface area contributed by atoms with Crippen molar-refractivity contribution < 1.29 is 0 Å². The molecule has 12 aromatic carbocycles. The molecule has 0 aliphatic heterocycles. The highest BCUT2D eigenvalue weighted by Crippen LogP contribution is 2.48. The normalized spacial score (nSPS) is 11.6. The van der Waals surface area contributed by atoms with E-state index in [1.165, 1.54) is 113 Å². The van der Waals surface area contributed by atoms with Gasteiger partial charge in [-0.2, -0.15) is 0 Å². The maximum Gasteiger partial charge on any atom is 0.0640 e. The minimum Gasteiger partial charge on any atom is -0.309 e. The largest absolute Gasteiger partial charge is 0.309 e. The molecule has 0 unspecified atom stereocenters. The summed E-state index contributed by atoms with van der Waals surface area (Å²) in [7, 11) is 0. The quantitative estimate of drug-likeness (QED) is 0.144. The van der Waals surface area contributed by atoms with Crippen LogP contribution >= 0.6 is 11.3 Å². The van der Waals surface area contributed by atoms with Crippen LogP contribution in [-0.2, 0) is 0 Å². The van der Waals surface area contributed by atoms with Crippen molar-refractivity contribution in [2.24, 2.45) is 0 Å². The average molecular weight is 856 g/mol. The van der Waals surface area contributed by atoms with Crippen LogP contribution in [0.25, 0.3) is 108 Å². The number of thiophene rings is 1. The highest BCUT2D eigenvalue weighted by atomic mass is 32.1. The highest BCUT2D eigenvalue weighted by molar-refractivity contribution is 7.26. The molecule has 0 fully saturated rings. The van der Waals surface area contributed by atoms with E-state index in [-0.39, 0.29) is 0 Å². The van der Waals surface area contributed by atoms with E-state index in [0.29, 0.717) is 0 Å². The Kier molecular flexibility index (Phi) is 9.11. The minimum absolute atomic E-state index is 1.11. The van der Waals surface area contributed by atoms with Gasteiger partial charge in [0, 0.05) is 26.8 Å². The lowest BCUT2D eigenvalue weighted by Gasteiger charge is -2.26. The Bertz CT molecular complexity index is 3960. The zero-order chi connectivity index (χ0) is 43.6. The first-order valence-corrected chi connectivity index (χ1v) is 23.5. The molecule has 0 N–H and O–H groups in total. The average Bonchev–Trinajstić information content (AvgIpc) is 3.78. The van der Waals surface area contributed by atoms with Crippen molar-refractivity contribution in [1.29, 1.82) is 0 Å². The van der Waals surface area contributed by atoms with Gasteiger partial charge in [-0.25, -0.2) is 0 Å². The SMILES string of the molecule is c1ccc(-c2c(-c3ccccc3)c3cc(-c4ccc(N(c5ccc(-c6cccc7c6ccc6ccccc67)cc5)c5cccc6c5sc5ccccc56)cc4)ccc3c3ccccc23)cc1. The molecule has 1 nitrogen and oxygen atoms in total. The van der Waals surface area contributed by atoms with E-state index in [9.17, 15) is 0 Å². The molecule has 0 bridgehead atoms. The van der Waals surface area contributed by atoms with Gasteiger partial charge in [0.05, 0.1) is 10.4 Å². The predicted molar refractivity (Wildman–Crippen MR) is 286 cm³/mol. The van der Waals surface area contributed by atoms with E-state index in [4.69, 9.17) is 0 Å². The van der Waals surface area contributed by atoms with Crippen molar-refractivity contribution >= 4 is 91.7 Å². The van der Waals surface area contributed by atoms with Crippen molar-refractivity contribution in [2.75, 3.05) is 4.90 Å². The van der Waals surface area contributed by atoms with Crippen LogP contribution in [0.2, 0.25) is 0 Å². The first-order valence-electron chi connectivity index (χ1n) is 22.7. The molecule has 0 aliphatic carbocycles. The molecule has 13 aromatic rings. The van der Waals surface area contributed by atoms with Crippen LogP contribution in [0.1, 0.15) is 0 Å². The fourth-order valence-electron chi connectivity index (χ4n) is 10.4. The topological polar surface area (TPSA) is 3.24 Å². The molecule has 66 heavy (non-hydrogen) atoms. The molecule has 308 valence electrons. The molecule has 0 aliphatic rings. The number of nitrogens with zero attached hydrogens (tertiary/aromatic N) is 1. The standard InChI is InChI=1S/C64H41NS/c1-3-16-45(17-4-1)62-57-23-10-9-21-53(57)55-40-34-47(41-59(55)63(62)46-18-5-2-6-19-46)42-29-35-48(36-30-42)65(60-27-14-26-58-56-22-11-12-28-61(56)66-64(58)60)49-37-31-44(32-38-49)51-24-13-25-52-50-20-8-7-15-43(50)33-39-54(51)52/h1-41H. The third kappa shape index (κ3) is 6.30. The van der Waals surface area contributed by atoms with E-state index in [2.05, 4.69) is 254 Å². The zero-order valence-corrected chi connectivity index (χ0v) is 36.8. The molecule has 0 saturated carbocycles. The predicted octanol–water partition coefficient (Wildman–Crippen LogP) is 18.8. The van der Waals surface area contributed by atoms with Gasteiger partial charge in [0.25, 0.3) is 0 Å². The van der Waals surface area contributed by atoms with Gasteiger partial charge < -0.3 is 4.90 Å². The van der Waals surface area contributed by atoms with Crippen molar-refractivity contribution in [1.82, 2.24) is 0 Å².